The molecule has 0 bridgehead atoms. The van der Waals surface area contributed by atoms with E-state index in [9.17, 15) is 9.90 Å². The first-order chi connectivity index (χ1) is 14.6. The second-order valence-electron chi connectivity index (χ2n) is 8.34. The van der Waals surface area contributed by atoms with E-state index in [1.54, 1.807) is 0 Å². The van der Waals surface area contributed by atoms with Crippen LogP contribution in [0.1, 0.15) is 12.8 Å². The van der Waals surface area contributed by atoms with Gasteiger partial charge in [0.05, 0.1) is 12.6 Å². The Hall–Kier alpha value is -2.77. The Morgan fingerprint density at radius 2 is 1.83 bits per heavy atom. The number of carbonyl (C=O) groups is 1. The zero-order valence-electron chi connectivity index (χ0n) is 16.7. The maximum absolute atomic E-state index is 12.4. The van der Waals surface area contributed by atoms with Gasteiger partial charge in [0.15, 0.2) is 11.5 Å². The van der Waals surface area contributed by atoms with Crippen LogP contribution in [-0.2, 0) is 4.79 Å². The van der Waals surface area contributed by atoms with Crippen molar-refractivity contribution in [1.29, 1.82) is 0 Å². The highest BCUT2D eigenvalue weighted by molar-refractivity contribution is 5.92. The van der Waals surface area contributed by atoms with E-state index in [0.717, 1.165) is 25.2 Å². The van der Waals surface area contributed by atoms with Gasteiger partial charge in [-0.2, -0.15) is 0 Å². The number of nitrogens with zero attached hydrogens (tertiary/aromatic N) is 1. The van der Waals surface area contributed by atoms with Crippen molar-refractivity contribution in [3.8, 4) is 17.2 Å². The highest BCUT2D eigenvalue weighted by Gasteiger charge is 2.43. The molecular weight excluding hydrogens is 384 g/mol. The quantitative estimate of drug-likeness (QED) is 0.789. The number of rotatable bonds is 5. The lowest BCUT2D eigenvalue weighted by atomic mass is 9.78. The number of hydrogen-bond donors (Lipinski definition) is 2. The molecule has 0 spiro atoms. The molecule has 30 heavy (non-hydrogen) atoms. The van der Waals surface area contributed by atoms with Gasteiger partial charge < -0.3 is 24.6 Å². The predicted molar refractivity (Wildman–Crippen MR) is 111 cm³/mol. The van der Waals surface area contributed by atoms with Gasteiger partial charge in [-0.05, 0) is 48.9 Å². The number of aliphatic hydroxyl groups is 1. The minimum atomic E-state index is -0.519. The summed E-state index contributed by atoms with van der Waals surface area (Å²) in [4.78, 5) is 14.6. The monoisotopic (exact) mass is 410 g/mol. The molecule has 3 aliphatic rings. The van der Waals surface area contributed by atoms with Crippen molar-refractivity contribution < 1.29 is 24.1 Å². The average molecular weight is 410 g/mol. The lowest BCUT2D eigenvalue weighted by Gasteiger charge is -2.35. The van der Waals surface area contributed by atoms with Crippen LogP contribution in [0.25, 0.3) is 0 Å². The van der Waals surface area contributed by atoms with Crippen molar-refractivity contribution in [2.45, 2.75) is 25.0 Å². The van der Waals surface area contributed by atoms with Gasteiger partial charge in [-0.3, -0.25) is 9.69 Å². The van der Waals surface area contributed by atoms with Crippen LogP contribution in [0.15, 0.2) is 48.5 Å². The van der Waals surface area contributed by atoms with Gasteiger partial charge in [-0.25, -0.2) is 0 Å². The summed E-state index contributed by atoms with van der Waals surface area (Å²) in [6.45, 7) is 2.27. The maximum atomic E-state index is 12.4. The molecule has 1 saturated heterocycles. The number of carbonyl (C=O) groups excluding carboxylic acids is 1. The van der Waals surface area contributed by atoms with Crippen molar-refractivity contribution in [3.63, 3.8) is 0 Å². The van der Waals surface area contributed by atoms with E-state index in [4.69, 9.17) is 14.2 Å². The summed E-state index contributed by atoms with van der Waals surface area (Å²) >= 11 is 0. The smallest absolute Gasteiger partial charge is 0.238 e. The molecule has 7 heteroatoms. The minimum Gasteiger partial charge on any atom is -0.488 e. The molecule has 4 atom stereocenters. The standard InChI is InChI=1S/C23H26N2O5/c26-19-8-15-11-25(13-23(27)24-17-4-2-1-3-5-17)12-16(15)9-21(19)30-18-6-7-20-22(10-18)29-14-28-20/h1-7,10,15-16,19,21,26H,8-9,11-14H2,(H,24,27)/t15-,16+,19+,21+/m0/s1. The van der Waals surface area contributed by atoms with E-state index in [1.165, 1.54) is 0 Å². The molecule has 2 aliphatic heterocycles. The number of anilines is 1. The van der Waals surface area contributed by atoms with Gasteiger partial charge in [0.2, 0.25) is 12.7 Å². The highest BCUT2D eigenvalue weighted by atomic mass is 16.7. The van der Waals surface area contributed by atoms with Gasteiger partial charge in [0.25, 0.3) is 0 Å². The summed E-state index contributed by atoms with van der Waals surface area (Å²) < 4.78 is 16.9. The number of para-hydroxylation sites is 1. The van der Waals surface area contributed by atoms with Gasteiger partial charge in [-0.1, -0.05) is 18.2 Å². The molecule has 0 aromatic heterocycles. The van der Waals surface area contributed by atoms with Crippen LogP contribution in [-0.4, -0.2) is 54.5 Å². The first-order valence-corrected chi connectivity index (χ1v) is 10.5. The normalized spacial score (nSPS) is 27.5. The lowest BCUT2D eigenvalue weighted by Crippen LogP contribution is -2.42. The van der Waals surface area contributed by atoms with E-state index >= 15 is 0 Å². The molecule has 5 rings (SSSR count). The van der Waals surface area contributed by atoms with Gasteiger partial charge in [-0.15, -0.1) is 0 Å². The fourth-order valence-electron chi connectivity index (χ4n) is 4.79. The van der Waals surface area contributed by atoms with Gasteiger partial charge >= 0.3 is 0 Å². The van der Waals surface area contributed by atoms with E-state index in [1.807, 2.05) is 48.5 Å². The molecule has 2 aromatic carbocycles. The Morgan fingerprint density at radius 3 is 2.67 bits per heavy atom. The van der Waals surface area contributed by atoms with Crippen LogP contribution in [0.4, 0.5) is 5.69 Å². The van der Waals surface area contributed by atoms with Gasteiger partial charge in [0.1, 0.15) is 11.9 Å². The number of aliphatic hydroxyl groups excluding tert-OH is 1. The van der Waals surface area contributed by atoms with Crippen LogP contribution in [0.3, 0.4) is 0 Å². The summed E-state index contributed by atoms with van der Waals surface area (Å²) in [5.41, 5.74) is 0.812. The van der Waals surface area contributed by atoms with E-state index in [0.29, 0.717) is 42.0 Å². The number of fused-ring (bicyclic) bond motifs is 2. The average Bonchev–Trinajstić information content (AvgIpc) is 3.34. The number of likely N-dealkylation sites (tertiary alicyclic amines) is 1. The minimum absolute atomic E-state index is 0.00597. The zero-order chi connectivity index (χ0) is 20.5. The van der Waals surface area contributed by atoms with Crippen molar-refractivity contribution in [2.75, 3.05) is 31.7 Å². The predicted octanol–water partition coefficient (Wildman–Crippen LogP) is 2.50. The highest BCUT2D eigenvalue weighted by Crippen LogP contribution is 2.40. The third kappa shape index (κ3) is 4.08. The van der Waals surface area contributed by atoms with E-state index in [-0.39, 0.29) is 18.8 Å². The first kappa shape index (κ1) is 19.2. The molecule has 1 amide bonds. The third-order valence-corrected chi connectivity index (χ3v) is 6.22. The Morgan fingerprint density at radius 1 is 1.07 bits per heavy atom. The molecule has 1 saturated carbocycles. The van der Waals surface area contributed by atoms with Crippen molar-refractivity contribution in [2.24, 2.45) is 11.8 Å². The topological polar surface area (TPSA) is 80.3 Å². The summed E-state index contributed by atoms with van der Waals surface area (Å²) in [5, 5.41) is 13.6. The van der Waals surface area contributed by atoms with Crippen LogP contribution in [0.2, 0.25) is 0 Å². The molecule has 2 aromatic rings. The first-order valence-electron chi connectivity index (χ1n) is 10.5. The molecule has 158 valence electrons. The number of amides is 1. The van der Waals surface area contributed by atoms with Crippen molar-refractivity contribution in [3.05, 3.63) is 48.5 Å². The third-order valence-electron chi connectivity index (χ3n) is 6.22. The Balaban J connectivity index is 1.16. The zero-order valence-corrected chi connectivity index (χ0v) is 16.7. The van der Waals surface area contributed by atoms with Crippen LogP contribution in [0, 0.1) is 11.8 Å². The Bertz CT molecular complexity index is 906. The molecule has 0 unspecified atom stereocenters. The lowest BCUT2D eigenvalue weighted by molar-refractivity contribution is -0.117. The second kappa shape index (κ2) is 8.16. The molecule has 2 N–H and O–H groups in total. The van der Waals surface area contributed by atoms with Crippen LogP contribution < -0.4 is 19.5 Å². The molecule has 1 aliphatic carbocycles. The summed E-state index contributed by atoms with van der Waals surface area (Å²) in [6.07, 6.45) is 0.688. The Kier molecular flexibility index (Phi) is 5.23. The fourth-order valence-corrected chi connectivity index (χ4v) is 4.79. The van der Waals surface area contributed by atoms with Crippen molar-refractivity contribution >= 4 is 11.6 Å². The summed E-state index contributed by atoms with van der Waals surface area (Å²) in [6, 6.07) is 15.0. The summed E-state index contributed by atoms with van der Waals surface area (Å²) in [7, 11) is 0. The van der Waals surface area contributed by atoms with Crippen LogP contribution in [0.5, 0.6) is 17.2 Å². The Labute approximate surface area is 175 Å². The fraction of sp³-hybridized carbons (Fsp3) is 0.435. The van der Waals surface area contributed by atoms with Crippen LogP contribution >= 0.6 is 0 Å². The maximum Gasteiger partial charge on any atom is 0.238 e. The number of benzene rings is 2. The van der Waals surface area contributed by atoms with Crippen molar-refractivity contribution in [1.82, 2.24) is 4.90 Å². The number of ether oxygens (including phenoxy) is 3. The largest absolute Gasteiger partial charge is 0.488 e. The molecular formula is C23H26N2O5. The van der Waals surface area contributed by atoms with Gasteiger partial charge in [0, 0.05) is 24.8 Å². The number of nitrogens with one attached hydrogen (secondary N) is 1. The molecule has 2 heterocycles. The molecule has 2 fully saturated rings. The second-order valence-corrected chi connectivity index (χ2v) is 8.34. The SMILES string of the molecule is O=C(CN1C[C@H]2C[C@@H](Oc3ccc4c(c3)OCO4)[C@H](O)C[C@H]2C1)Nc1ccccc1. The summed E-state index contributed by atoms with van der Waals surface area (Å²) in [5.74, 6) is 2.87. The molecule has 7 nitrogen and oxygen atoms in total. The van der Waals surface area contributed by atoms with E-state index in [2.05, 4.69) is 10.2 Å². The van der Waals surface area contributed by atoms with E-state index < -0.39 is 6.10 Å². The molecule has 0 radical (unpaired) electrons. The number of hydrogen-bond acceptors (Lipinski definition) is 6.